The van der Waals surface area contributed by atoms with Gasteiger partial charge in [0.05, 0.1) is 12.4 Å². The lowest BCUT2D eigenvalue weighted by molar-refractivity contribution is -0.120. The first kappa shape index (κ1) is 18.2. The Labute approximate surface area is 156 Å². The number of hydrogen-bond donors (Lipinski definition) is 1. The Morgan fingerprint density at radius 3 is 2.69 bits per heavy atom. The number of carbonyl (C=O) groups is 1. The van der Waals surface area contributed by atoms with Crippen molar-refractivity contribution in [2.75, 3.05) is 7.11 Å². The first-order valence-corrected chi connectivity index (χ1v) is 9.12. The number of hydrogen-bond acceptors (Lipinski definition) is 6. The zero-order chi connectivity index (χ0) is 18.7. The van der Waals surface area contributed by atoms with E-state index in [1.807, 2.05) is 51.1 Å². The number of rotatable bonds is 6. The molecule has 0 fully saturated rings. The van der Waals surface area contributed by atoms with Crippen LogP contribution in [-0.4, -0.2) is 37.8 Å². The van der Waals surface area contributed by atoms with Crippen LogP contribution < -0.4 is 10.1 Å². The lowest BCUT2D eigenvalue weighted by Crippen LogP contribution is -2.30. The third-order valence-electron chi connectivity index (χ3n) is 3.88. The maximum absolute atomic E-state index is 12.3. The molecule has 8 heteroatoms. The van der Waals surface area contributed by atoms with Crippen molar-refractivity contribution < 1.29 is 9.53 Å². The van der Waals surface area contributed by atoms with Gasteiger partial charge < -0.3 is 10.1 Å². The highest BCUT2D eigenvalue weighted by Gasteiger charge is 2.18. The van der Waals surface area contributed by atoms with Gasteiger partial charge in [0.1, 0.15) is 5.75 Å². The molecule has 1 amide bonds. The Hall–Kier alpha value is -2.61. The Morgan fingerprint density at radius 1 is 1.27 bits per heavy atom. The van der Waals surface area contributed by atoms with Gasteiger partial charge in [0.25, 0.3) is 5.78 Å². The molecule has 0 aliphatic rings. The first-order chi connectivity index (χ1) is 12.5. The fourth-order valence-corrected chi connectivity index (χ4v) is 3.26. The predicted molar refractivity (Wildman–Crippen MR) is 100 cm³/mol. The van der Waals surface area contributed by atoms with Gasteiger partial charge in [-0.3, -0.25) is 4.79 Å². The number of benzene rings is 1. The van der Waals surface area contributed by atoms with Crippen LogP contribution in [0.1, 0.15) is 23.9 Å². The molecule has 0 unspecified atom stereocenters. The smallest absolute Gasteiger partial charge is 0.253 e. The summed E-state index contributed by atoms with van der Waals surface area (Å²) >= 11 is 1.32. The summed E-state index contributed by atoms with van der Waals surface area (Å²) in [6.45, 7) is 6.18. The highest BCUT2D eigenvalue weighted by molar-refractivity contribution is 8.00. The molecule has 0 saturated carbocycles. The third-order valence-corrected chi connectivity index (χ3v) is 4.83. The van der Waals surface area contributed by atoms with Crippen LogP contribution in [-0.2, 0) is 11.3 Å². The van der Waals surface area contributed by atoms with Crippen LogP contribution in [0.2, 0.25) is 0 Å². The van der Waals surface area contributed by atoms with E-state index in [0.717, 1.165) is 22.7 Å². The molecule has 3 rings (SSSR count). The number of fused-ring (bicyclic) bond motifs is 1. The van der Waals surface area contributed by atoms with Crippen LogP contribution in [0, 0.1) is 13.8 Å². The van der Waals surface area contributed by atoms with Crippen molar-refractivity contribution in [2.24, 2.45) is 0 Å². The highest BCUT2D eigenvalue weighted by Crippen LogP contribution is 2.21. The number of nitrogens with one attached hydrogen (secondary N) is 1. The largest absolute Gasteiger partial charge is 0.497 e. The Kier molecular flexibility index (Phi) is 5.41. The van der Waals surface area contributed by atoms with Crippen LogP contribution in [0.5, 0.6) is 5.75 Å². The molecule has 0 bridgehead atoms. The van der Waals surface area contributed by atoms with E-state index in [4.69, 9.17) is 4.74 Å². The van der Waals surface area contributed by atoms with Gasteiger partial charge in [0.15, 0.2) is 0 Å². The monoisotopic (exact) mass is 371 g/mol. The number of thioether (sulfide) groups is 1. The molecule has 1 N–H and O–H groups in total. The number of amides is 1. The van der Waals surface area contributed by atoms with Crippen LogP contribution in [0.25, 0.3) is 5.78 Å². The van der Waals surface area contributed by atoms with Gasteiger partial charge in [-0.05, 0) is 44.5 Å². The molecule has 2 aromatic heterocycles. The first-order valence-electron chi connectivity index (χ1n) is 8.24. The van der Waals surface area contributed by atoms with Gasteiger partial charge in [0, 0.05) is 17.9 Å². The van der Waals surface area contributed by atoms with Crippen molar-refractivity contribution in [3.63, 3.8) is 0 Å². The van der Waals surface area contributed by atoms with E-state index in [9.17, 15) is 4.79 Å². The van der Waals surface area contributed by atoms with Crippen LogP contribution in [0.4, 0.5) is 0 Å². The molecule has 1 aromatic carbocycles. The number of aromatic nitrogens is 4. The molecule has 0 aliphatic heterocycles. The summed E-state index contributed by atoms with van der Waals surface area (Å²) < 4.78 is 6.82. The van der Waals surface area contributed by atoms with E-state index in [2.05, 4.69) is 20.4 Å². The molecule has 0 saturated heterocycles. The van der Waals surface area contributed by atoms with Crippen molar-refractivity contribution >= 4 is 23.4 Å². The van der Waals surface area contributed by atoms with E-state index in [0.29, 0.717) is 17.5 Å². The second kappa shape index (κ2) is 7.74. The van der Waals surface area contributed by atoms with Crippen molar-refractivity contribution in [1.29, 1.82) is 0 Å². The van der Waals surface area contributed by atoms with Crippen molar-refractivity contribution in [3.8, 4) is 5.75 Å². The summed E-state index contributed by atoms with van der Waals surface area (Å²) in [7, 11) is 1.63. The van der Waals surface area contributed by atoms with Crippen molar-refractivity contribution in [2.45, 2.75) is 37.7 Å². The van der Waals surface area contributed by atoms with E-state index in [-0.39, 0.29) is 11.2 Å². The maximum Gasteiger partial charge on any atom is 0.253 e. The minimum atomic E-state index is -0.313. The lowest BCUT2D eigenvalue weighted by Gasteiger charge is -2.10. The minimum Gasteiger partial charge on any atom is -0.497 e. The fraction of sp³-hybridized carbons (Fsp3) is 0.333. The standard InChI is InChI=1S/C18H21N5O2S/c1-11-9-12(2)23-17(20-11)21-18(22-23)26-13(3)16(24)19-10-14-5-7-15(25-4)8-6-14/h5-9,13H,10H2,1-4H3,(H,19,24)/t13-/m1/s1. The molecule has 0 radical (unpaired) electrons. The molecule has 3 aromatic rings. The molecule has 7 nitrogen and oxygen atoms in total. The normalized spacial score (nSPS) is 12.2. The van der Waals surface area contributed by atoms with Gasteiger partial charge in [-0.2, -0.15) is 4.98 Å². The van der Waals surface area contributed by atoms with Crippen molar-refractivity contribution in [3.05, 3.63) is 47.3 Å². The average molecular weight is 371 g/mol. The summed E-state index contributed by atoms with van der Waals surface area (Å²) in [5, 5.41) is 7.58. The molecule has 136 valence electrons. The average Bonchev–Trinajstić information content (AvgIpc) is 3.02. The van der Waals surface area contributed by atoms with E-state index >= 15 is 0 Å². The Bertz CT molecular complexity index is 923. The number of nitrogens with zero attached hydrogens (tertiary/aromatic N) is 4. The third kappa shape index (κ3) is 4.13. The van der Waals surface area contributed by atoms with Crippen LogP contribution >= 0.6 is 11.8 Å². The number of methoxy groups -OCH3 is 1. The quantitative estimate of drug-likeness (QED) is 0.671. The summed E-state index contributed by atoms with van der Waals surface area (Å²) in [4.78, 5) is 21.1. The van der Waals surface area contributed by atoms with Gasteiger partial charge in [0.2, 0.25) is 11.1 Å². The number of carbonyl (C=O) groups excluding carboxylic acids is 1. The number of ether oxygens (including phenoxy) is 1. The molecule has 26 heavy (non-hydrogen) atoms. The number of aryl methyl sites for hydroxylation is 2. The molecule has 2 heterocycles. The van der Waals surface area contributed by atoms with E-state index in [1.165, 1.54) is 11.8 Å². The minimum absolute atomic E-state index is 0.0643. The zero-order valence-corrected chi connectivity index (χ0v) is 16.0. The van der Waals surface area contributed by atoms with Gasteiger partial charge in [-0.1, -0.05) is 23.9 Å². The van der Waals surface area contributed by atoms with Gasteiger partial charge >= 0.3 is 0 Å². The van der Waals surface area contributed by atoms with Crippen LogP contribution in [0.15, 0.2) is 35.5 Å². The molecule has 1 atom stereocenters. The van der Waals surface area contributed by atoms with E-state index in [1.54, 1.807) is 11.6 Å². The van der Waals surface area contributed by atoms with Crippen LogP contribution in [0.3, 0.4) is 0 Å². The van der Waals surface area contributed by atoms with E-state index < -0.39 is 0 Å². The highest BCUT2D eigenvalue weighted by atomic mass is 32.2. The predicted octanol–water partition coefficient (Wildman–Crippen LogP) is 2.55. The van der Waals surface area contributed by atoms with Gasteiger partial charge in [-0.25, -0.2) is 9.50 Å². The Balaban J connectivity index is 1.60. The zero-order valence-electron chi connectivity index (χ0n) is 15.2. The summed E-state index contributed by atoms with van der Waals surface area (Å²) in [5.74, 6) is 1.28. The molecular formula is C18H21N5O2S. The SMILES string of the molecule is COc1ccc(CNC(=O)[C@@H](C)Sc2nc3nc(C)cc(C)n3n2)cc1. The lowest BCUT2D eigenvalue weighted by atomic mass is 10.2. The summed E-state index contributed by atoms with van der Waals surface area (Å²) in [6, 6.07) is 9.55. The molecule has 0 spiro atoms. The fourth-order valence-electron chi connectivity index (χ4n) is 2.49. The second-order valence-electron chi connectivity index (χ2n) is 5.97. The van der Waals surface area contributed by atoms with Crippen molar-refractivity contribution in [1.82, 2.24) is 24.9 Å². The molecule has 0 aliphatic carbocycles. The second-order valence-corrected chi connectivity index (χ2v) is 7.28. The Morgan fingerprint density at radius 2 is 2.00 bits per heavy atom. The summed E-state index contributed by atoms with van der Waals surface area (Å²) in [6.07, 6.45) is 0. The topological polar surface area (TPSA) is 81.4 Å². The summed E-state index contributed by atoms with van der Waals surface area (Å²) in [5.41, 5.74) is 2.87. The van der Waals surface area contributed by atoms with Gasteiger partial charge in [-0.15, -0.1) is 5.10 Å². The molecular weight excluding hydrogens is 350 g/mol. The maximum atomic E-state index is 12.3.